The van der Waals surface area contributed by atoms with E-state index in [1.807, 2.05) is 0 Å². The minimum Gasteiger partial charge on any atom is -0.241 e. The highest BCUT2D eigenvalue weighted by Gasteiger charge is 2.20. The van der Waals surface area contributed by atoms with E-state index in [4.69, 9.17) is 10.7 Å². The average Bonchev–Trinajstić information content (AvgIpc) is 2.06. The highest BCUT2D eigenvalue weighted by molar-refractivity contribution is 14.1. The molecule has 3 nitrogen and oxygen atoms in total. The molecule has 1 rings (SSSR count). The van der Waals surface area contributed by atoms with Gasteiger partial charge in [0.05, 0.1) is 4.90 Å². The van der Waals surface area contributed by atoms with Crippen LogP contribution in [0.15, 0.2) is 11.0 Å². The number of halogens is 4. The van der Waals surface area contributed by atoms with Crippen LogP contribution in [-0.2, 0) is 9.05 Å². The van der Waals surface area contributed by atoms with Gasteiger partial charge < -0.3 is 0 Å². The maximum atomic E-state index is 12.3. The van der Waals surface area contributed by atoms with Gasteiger partial charge in [0.15, 0.2) is 0 Å². The minimum atomic E-state index is -4.02. The van der Waals surface area contributed by atoms with E-state index < -0.39 is 21.2 Å². The molecule has 1 aromatic rings. The molecule has 0 spiro atoms. The van der Waals surface area contributed by atoms with Gasteiger partial charge in [0.1, 0.15) is 9.39 Å². The summed E-state index contributed by atoms with van der Waals surface area (Å²) in [5, 5.41) is 0. The Kier molecular flexibility index (Phi) is 3.88. The lowest BCUT2D eigenvalue weighted by Crippen LogP contribution is -2.03. The number of hydrogen-bond acceptors (Lipinski definition) is 3. The Balaban J connectivity index is 3.52. The van der Waals surface area contributed by atoms with E-state index in [1.54, 1.807) is 22.6 Å². The predicted molar refractivity (Wildman–Crippen MR) is 59.7 cm³/mol. The zero-order chi connectivity index (χ0) is 11.8. The normalized spacial score (nSPS) is 12.1. The third kappa shape index (κ3) is 2.97. The van der Waals surface area contributed by atoms with Crippen molar-refractivity contribution in [1.82, 2.24) is 4.98 Å². The van der Waals surface area contributed by atoms with Crippen LogP contribution in [0.3, 0.4) is 0 Å². The largest absolute Gasteiger partial charge is 0.280 e. The quantitative estimate of drug-likeness (QED) is 0.459. The zero-order valence-corrected chi connectivity index (χ0v) is 11.1. The van der Waals surface area contributed by atoms with Crippen LogP contribution in [0.25, 0.3) is 0 Å². The summed E-state index contributed by atoms with van der Waals surface area (Å²) in [5.41, 5.74) is -0.320. The summed E-state index contributed by atoms with van der Waals surface area (Å²) in [7, 11) is 1.09. The molecule has 1 aromatic heterocycles. The highest BCUT2D eigenvalue weighted by atomic mass is 127. The van der Waals surface area contributed by atoms with Crippen molar-refractivity contribution >= 4 is 42.3 Å². The van der Waals surface area contributed by atoms with E-state index in [-0.39, 0.29) is 14.2 Å². The molecule has 0 fully saturated rings. The first-order chi connectivity index (χ1) is 6.73. The zero-order valence-electron chi connectivity index (χ0n) is 7.34. The van der Waals surface area contributed by atoms with Crippen molar-refractivity contribution in [2.24, 2.45) is 0 Å². The molecule has 0 amide bonds. The first-order valence-electron chi connectivity index (χ1n) is 3.63. The topological polar surface area (TPSA) is 47.0 Å². The second-order valence-electron chi connectivity index (χ2n) is 2.70. The van der Waals surface area contributed by atoms with Crippen molar-refractivity contribution in [2.45, 2.75) is 18.2 Å². The number of pyridine rings is 1. The van der Waals surface area contributed by atoms with E-state index >= 15 is 0 Å². The van der Waals surface area contributed by atoms with E-state index in [0.29, 0.717) is 0 Å². The molecule has 0 saturated heterocycles. The molecule has 0 N–H and O–H groups in total. The monoisotopic (exact) mass is 367 g/mol. The SMILES string of the molecule is Cc1c(S(=O)(=O)Cl)cc(C(F)F)nc1I. The fourth-order valence-electron chi connectivity index (χ4n) is 0.939. The Hall–Kier alpha value is -0.0200. The molecule has 0 aliphatic carbocycles. The Morgan fingerprint density at radius 1 is 1.53 bits per heavy atom. The summed E-state index contributed by atoms with van der Waals surface area (Å²) in [6.07, 6.45) is -2.82. The van der Waals surface area contributed by atoms with Gasteiger partial charge in [0.25, 0.3) is 15.5 Å². The van der Waals surface area contributed by atoms with E-state index in [2.05, 4.69) is 4.98 Å². The number of hydrogen-bond donors (Lipinski definition) is 0. The van der Waals surface area contributed by atoms with Crippen LogP contribution in [0.2, 0.25) is 0 Å². The Morgan fingerprint density at radius 3 is 2.47 bits per heavy atom. The standard InChI is InChI=1S/C7H5ClF2INO2S/c1-3-5(15(8,13)14)2-4(6(9)10)12-7(3)11/h2,6H,1H3. The van der Waals surface area contributed by atoms with Gasteiger partial charge in [-0.3, -0.25) is 0 Å². The first kappa shape index (κ1) is 13.0. The number of nitrogens with zero attached hydrogens (tertiary/aromatic N) is 1. The molecule has 0 saturated carbocycles. The molecule has 0 aromatic carbocycles. The molecule has 0 aliphatic heterocycles. The maximum absolute atomic E-state index is 12.3. The minimum absolute atomic E-state index is 0.199. The van der Waals surface area contributed by atoms with Gasteiger partial charge in [-0.15, -0.1) is 0 Å². The van der Waals surface area contributed by atoms with Gasteiger partial charge in [-0.25, -0.2) is 22.2 Å². The van der Waals surface area contributed by atoms with Crippen molar-refractivity contribution in [2.75, 3.05) is 0 Å². The molecular weight excluding hydrogens is 363 g/mol. The second kappa shape index (κ2) is 4.46. The summed E-state index contributed by atoms with van der Waals surface area (Å²) >= 11 is 1.68. The van der Waals surface area contributed by atoms with Crippen molar-refractivity contribution in [3.8, 4) is 0 Å². The lowest BCUT2D eigenvalue weighted by Gasteiger charge is -2.07. The molecule has 0 radical (unpaired) electrons. The molecule has 0 unspecified atom stereocenters. The average molecular weight is 368 g/mol. The summed E-state index contributed by atoms with van der Waals surface area (Å²) in [4.78, 5) is 3.24. The van der Waals surface area contributed by atoms with Gasteiger partial charge >= 0.3 is 0 Å². The van der Waals surface area contributed by atoms with Crippen LogP contribution in [0.5, 0.6) is 0 Å². The van der Waals surface area contributed by atoms with Gasteiger partial charge in [0.2, 0.25) is 0 Å². The summed E-state index contributed by atoms with van der Waals surface area (Å²) in [5.74, 6) is 0. The molecule has 8 heteroatoms. The molecular formula is C7H5ClF2INO2S. The van der Waals surface area contributed by atoms with Crippen molar-refractivity contribution in [1.29, 1.82) is 0 Å². The Bertz CT molecular complexity index is 492. The fourth-order valence-corrected chi connectivity index (χ4v) is 2.90. The summed E-state index contributed by atoms with van der Waals surface area (Å²) in [6.45, 7) is 1.46. The predicted octanol–water partition coefficient (Wildman–Crippen LogP) is 2.86. The molecule has 15 heavy (non-hydrogen) atoms. The lowest BCUT2D eigenvalue weighted by molar-refractivity contribution is 0.145. The third-order valence-corrected chi connectivity index (χ3v) is 4.17. The number of alkyl halides is 2. The van der Waals surface area contributed by atoms with Gasteiger partial charge in [-0.2, -0.15) is 0 Å². The van der Waals surface area contributed by atoms with Crippen molar-refractivity contribution < 1.29 is 17.2 Å². The summed E-state index contributed by atoms with van der Waals surface area (Å²) in [6, 6.07) is 0.796. The van der Waals surface area contributed by atoms with E-state index in [9.17, 15) is 17.2 Å². The number of rotatable bonds is 2. The molecule has 1 heterocycles. The Labute approximate surface area is 103 Å². The van der Waals surface area contributed by atoms with Crippen LogP contribution in [0.1, 0.15) is 17.7 Å². The van der Waals surface area contributed by atoms with Crippen LogP contribution in [0, 0.1) is 10.6 Å². The summed E-state index contributed by atoms with van der Waals surface area (Å²) < 4.78 is 47.0. The third-order valence-electron chi connectivity index (χ3n) is 1.67. The fraction of sp³-hybridized carbons (Fsp3) is 0.286. The smallest absolute Gasteiger partial charge is 0.241 e. The molecule has 0 bridgehead atoms. The van der Waals surface area contributed by atoms with Gasteiger partial charge in [-0.05, 0) is 35.6 Å². The maximum Gasteiger partial charge on any atom is 0.280 e. The molecule has 0 atom stereocenters. The van der Waals surface area contributed by atoms with Gasteiger partial charge in [-0.1, -0.05) is 0 Å². The van der Waals surface area contributed by atoms with E-state index in [1.165, 1.54) is 6.92 Å². The van der Waals surface area contributed by atoms with Crippen LogP contribution in [-0.4, -0.2) is 13.4 Å². The molecule has 84 valence electrons. The molecule has 0 aliphatic rings. The van der Waals surface area contributed by atoms with Crippen molar-refractivity contribution in [3.05, 3.63) is 21.0 Å². The van der Waals surface area contributed by atoms with E-state index in [0.717, 1.165) is 6.07 Å². The first-order valence-corrected chi connectivity index (χ1v) is 7.02. The lowest BCUT2D eigenvalue weighted by atomic mass is 10.3. The van der Waals surface area contributed by atoms with Crippen molar-refractivity contribution in [3.63, 3.8) is 0 Å². The number of aromatic nitrogens is 1. The van der Waals surface area contributed by atoms with Crippen LogP contribution < -0.4 is 0 Å². The Morgan fingerprint density at radius 2 is 2.07 bits per heavy atom. The van der Waals surface area contributed by atoms with Gasteiger partial charge in [0, 0.05) is 16.2 Å². The highest BCUT2D eigenvalue weighted by Crippen LogP contribution is 2.27. The van der Waals surface area contributed by atoms with Crippen LogP contribution in [0.4, 0.5) is 8.78 Å². The van der Waals surface area contributed by atoms with Crippen LogP contribution >= 0.6 is 33.3 Å². The second-order valence-corrected chi connectivity index (χ2v) is 6.26.